The number of ether oxygens (including phenoxy) is 1. The van der Waals surface area contributed by atoms with E-state index in [0.717, 1.165) is 12.3 Å². The largest absolute Gasteiger partial charge is 0.618 e. The summed E-state index contributed by atoms with van der Waals surface area (Å²) in [5.74, 6) is -1.53. The van der Waals surface area contributed by atoms with Gasteiger partial charge in [0.1, 0.15) is 6.04 Å². The van der Waals surface area contributed by atoms with E-state index in [9.17, 15) is 32.0 Å². The Labute approximate surface area is 269 Å². The molecule has 0 aliphatic rings. The van der Waals surface area contributed by atoms with Gasteiger partial charge in [0.05, 0.1) is 40.8 Å². The maximum Gasteiger partial charge on any atom is 0.439 e. The van der Waals surface area contributed by atoms with E-state index < -0.39 is 42.7 Å². The van der Waals surface area contributed by atoms with Gasteiger partial charge in [0, 0.05) is 29.8 Å². The molecule has 2 aromatic carbocycles. The second-order valence-electron chi connectivity index (χ2n) is 10.1. The lowest BCUT2D eigenvalue weighted by Crippen LogP contribution is -2.36. The fourth-order valence-electron chi connectivity index (χ4n) is 4.93. The molecule has 0 bridgehead atoms. The molecule has 1 atom stereocenters. The van der Waals surface area contributed by atoms with Crippen LogP contribution in [-0.2, 0) is 10.9 Å². The molecule has 4 aromatic heterocycles. The predicted octanol–water partition coefficient (Wildman–Crippen LogP) is 5.80. The maximum atomic E-state index is 15.4. The van der Waals surface area contributed by atoms with E-state index in [0.29, 0.717) is 32.3 Å². The summed E-state index contributed by atoms with van der Waals surface area (Å²) in [7, 11) is 0. The number of H-pyrrole nitrogens is 1. The summed E-state index contributed by atoms with van der Waals surface area (Å²) < 4.78 is 92.0. The van der Waals surface area contributed by atoms with Crippen LogP contribution < -0.4 is 10.5 Å². The van der Waals surface area contributed by atoms with Gasteiger partial charge in [-0.25, -0.2) is 13.9 Å². The van der Waals surface area contributed by atoms with Gasteiger partial charge in [-0.3, -0.25) is 14.2 Å². The van der Waals surface area contributed by atoms with Crippen LogP contribution in [0.4, 0.5) is 26.3 Å². The van der Waals surface area contributed by atoms with Crippen LogP contribution in [0.2, 0.25) is 5.02 Å². The number of nitrogens with one attached hydrogen (secondary N) is 1. The molecular formula is C29H19ClF6N8O4. The third-order valence-electron chi connectivity index (χ3n) is 7.17. The molecule has 6 rings (SSSR count). The third kappa shape index (κ3) is 6.65. The average Bonchev–Trinajstić information content (AvgIpc) is 3.82. The molecule has 0 fully saturated rings. The Bertz CT molecular complexity index is 2130. The van der Waals surface area contributed by atoms with Gasteiger partial charge >= 0.3 is 18.5 Å². The van der Waals surface area contributed by atoms with Gasteiger partial charge in [0.15, 0.2) is 23.5 Å². The van der Waals surface area contributed by atoms with Crippen LogP contribution in [0.5, 0.6) is 0 Å². The fraction of sp³-hybridized carbons (Fsp3) is 0.172. The molecule has 1 unspecified atom stereocenters. The molecule has 4 heterocycles. The minimum Gasteiger partial charge on any atom is -0.618 e. The first-order chi connectivity index (χ1) is 22.9. The molecule has 48 heavy (non-hydrogen) atoms. The summed E-state index contributed by atoms with van der Waals surface area (Å²) in [6.45, 7) is -3.54. The van der Waals surface area contributed by atoms with E-state index in [2.05, 4.69) is 34.8 Å². The number of rotatable bonds is 10. The first-order valence-electron chi connectivity index (χ1n) is 13.7. The van der Waals surface area contributed by atoms with Crippen molar-refractivity contribution < 1.29 is 40.3 Å². The molecule has 12 nitrogen and oxygen atoms in total. The van der Waals surface area contributed by atoms with E-state index in [1.54, 1.807) is 30.5 Å². The van der Waals surface area contributed by atoms with Crippen LogP contribution in [0.15, 0.2) is 82.6 Å². The number of pyridine rings is 1. The molecule has 0 radical (unpaired) electrons. The second-order valence-corrected chi connectivity index (χ2v) is 10.5. The van der Waals surface area contributed by atoms with Crippen LogP contribution in [-0.4, -0.2) is 48.1 Å². The van der Waals surface area contributed by atoms with E-state index in [-0.39, 0.29) is 39.8 Å². The Morgan fingerprint density at radius 3 is 2.40 bits per heavy atom. The monoisotopic (exact) mass is 692 g/mol. The van der Waals surface area contributed by atoms with Gasteiger partial charge in [-0.05, 0) is 23.8 Å². The number of aromatic amines is 1. The summed E-state index contributed by atoms with van der Waals surface area (Å²) in [5.41, 5.74) is -0.106. The number of alkyl halides is 5. The topological polar surface area (TPSA) is 144 Å². The maximum absolute atomic E-state index is 15.4. The molecule has 248 valence electrons. The summed E-state index contributed by atoms with van der Waals surface area (Å²) in [4.78, 5) is 13.7. The number of hydrogen-bond donors (Lipinski definition) is 1. The Hall–Kier alpha value is -5.49. The second kappa shape index (κ2) is 13.0. The first-order valence-corrected chi connectivity index (χ1v) is 14.1. The molecule has 0 spiro atoms. The van der Waals surface area contributed by atoms with Crippen LogP contribution >= 0.6 is 11.6 Å². The zero-order valence-electron chi connectivity index (χ0n) is 23.9. The summed E-state index contributed by atoms with van der Waals surface area (Å²) in [5, 5.41) is 27.6. The smallest absolute Gasteiger partial charge is 0.439 e. The molecule has 1 N–H and O–H groups in total. The number of hydrogen-bond acceptors (Lipinski definition) is 8. The highest BCUT2D eigenvalue weighted by Crippen LogP contribution is 2.35. The molecule has 0 aliphatic carbocycles. The Morgan fingerprint density at radius 1 is 1.02 bits per heavy atom. The highest BCUT2D eigenvalue weighted by molar-refractivity contribution is 6.31. The Kier molecular flexibility index (Phi) is 8.76. The Morgan fingerprint density at radius 2 is 1.75 bits per heavy atom. The van der Waals surface area contributed by atoms with E-state index in [1.165, 1.54) is 29.1 Å². The minimum atomic E-state index is -4.82. The van der Waals surface area contributed by atoms with Gasteiger partial charge in [0.2, 0.25) is 5.69 Å². The lowest BCUT2D eigenvalue weighted by atomic mass is 10.0. The van der Waals surface area contributed by atoms with E-state index in [4.69, 9.17) is 11.6 Å². The van der Waals surface area contributed by atoms with Crippen molar-refractivity contribution in [1.29, 1.82) is 0 Å². The van der Waals surface area contributed by atoms with Gasteiger partial charge in [-0.2, -0.15) is 31.8 Å². The summed E-state index contributed by atoms with van der Waals surface area (Å²) >= 11 is 5.99. The average molecular weight is 693 g/mol. The lowest BCUT2D eigenvalue weighted by Gasteiger charge is -2.18. The van der Waals surface area contributed by atoms with Crippen molar-refractivity contribution in [1.82, 2.24) is 34.9 Å². The molecule has 0 aliphatic heterocycles. The molecule has 19 heteroatoms. The molecular weight excluding hydrogens is 674 g/mol. The van der Waals surface area contributed by atoms with Crippen molar-refractivity contribution in [3.05, 3.63) is 111 Å². The molecule has 0 amide bonds. The van der Waals surface area contributed by atoms with Crippen LogP contribution in [0, 0.1) is 11.0 Å². The fourth-order valence-corrected chi connectivity index (χ4v) is 5.09. The van der Waals surface area contributed by atoms with Gasteiger partial charge in [-0.15, -0.1) is 5.10 Å². The van der Waals surface area contributed by atoms with Gasteiger partial charge in [0.25, 0.3) is 0 Å². The molecule has 0 saturated carbocycles. The van der Waals surface area contributed by atoms with Crippen LogP contribution in [0.25, 0.3) is 39.3 Å². The molecule has 6 aromatic rings. The van der Waals surface area contributed by atoms with E-state index >= 15 is 4.39 Å². The van der Waals surface area contributed by atoms with Crippen LogP contribution in [0.3, 0.4) is 0 Å². The zero-order valence-corrected chi connectivity index (χ0v) is 24.7. The van der Waals surface area contributed by atoms with Gasteiger partial charge < -0.3 is 9.94 Å². The summed E-state index contributed by atoms with van der Waals surface area (Å²) in [6, 6.07) is 10.8. The normalized spacial score (nSPS) is 12.6. The van der Waals surface area contributed by atoms with Crippen molar-refractivity contribution in [3.8, 4) is 39.3 Å². The highest BCUT2D eigenvalue weighted by Gasteiger charge is 2.35. The highest BCUT2D eigenvalue weighted by atomic mass is 35.5. The Balaban J connectivity index is 1.35. The predicted molar refractivity (Wildman–Crippen MR) is 154 cm³/mol. The number of nitrogens with zero attached hydrogens (tertiary/aromatic N) is 7. The number of benzene rings is 2. The summed E-state index contributed by atoms with van der Waals surface area (Å²) in [6.07, 6.45) is -0.372. The first kappa shape index (κ1) is 32.5. The number of aromatic nitrogens is 8. The third-order valence-corrected chi connectivity index (χ3v) is 7.46. The number of halogens is 7. The van der Waals surface area contributed by atoms with Gasteiger partial charge in [-0.1, -0.05) is 46.2 Å². The van der Waals surface area contributed by atoms with Crippen molar-refractivity contribution in [2.45, 2.75) is 25.3 Å². The quantitative estimate of drug-likeness (QED) is 0.108. The van der Waals surface area contributed by atoms with Crippen molar-refractivity contribution >= 4 is 11.6 Å². The lowest BCUT2D eigenvalue weighted by molar-refractivity contribution is -0.615. The molecule has 0 saturated heterocycles. The van der Waals surface area contributed by atoms with E-state index in [1.807, 2.05) is 0 Å². The van der Waals surface area contributed by atoms with Crippen molar-refractivity contribution in [3.63, 3.8) is 0 Å². The standard InChI is InChI=1S/C29H19ClF6N8O4/c30-19-6-8-22(43-14-23(39-41-43)29(34,35)36)24(25(19)31)17-5-7-21(44(46)13-17)20(9-10-47-27(32)33)42-12-18(11-37-42)15-1-3-16(4-2-15)26-38-28(45)48-40-26/h1-8,11-14,20,27H,9-10H2,(H,38,40,45). The van der Waals surface area contributed by atoms with Crippen molar-refractivity contribution in [2.75, 3.05) is 6.61 Å². The zero-order chi connectivity index (χ0) is 34.2. The van der Waals surface area contributed by atoms with Crippen molar-refractivity contribution in [2.24, 2.45) is 0 Å². The van der Waals surface area contributed by atoms with Crippen LogP contribution in [0.1, 0.15) is 23.9 Å². The SMILES string of the molecule is O=c1[nH]c(-c2ccc(-c3cnn(C(CCOC(F)F)c4ccc(-c5c(-n6cc(C(F)(F)F)nn6)ccc(Cl)c5F)c[n+]4[O-])c3)cc2)no1. The minimum absolute atomic E-state index is 0.000649.